The van der Waals surface area contributed by atoms with Crippen molar-refractivity contribution in [3.63, 3.8) is 0 Å². The lowest BCUT2D eigenvalue weighted by Crippen LogP contribution is -2.42. The average molecular weight is 530 g/mol. The Kier molecular flexibility index (Phi) is 9.11. The molecule has 8 heteroatoms. The summed E-state index contributed by atoms with van der Waals surface area (Å²) >= 11 is 5.99. The Morgan fingerprint density at radius 1 is 1.14 bits per heavy atom. The monoisotopic (exact) mass is 529 g/mol. The van der Waals surface area contributed by atoms with E-state index in [1.165, 1.54) is 0 Å². The van der Waals surface area contributed by atoms with Crippen molar-refractivity contribution >= 4 is 28.6 Å². The Morgan fingerprint density at radius 3 is 2.57 bits per heavy atom. The van der Waals surface area contributed by atoms with Crippen LogP contribution in [0.2, 0.25) is 5.02 Å². The van der Waals surface area contributed by atoms with E-state index in [-0.39, 0.29) is 11.9 Å². The van der Waals surface area contributed by atoms with E-state index >= 15 is 0 Å². The minimum Gasteiger partial charge on any atom is -0.444 e. The Morgan fingerprint density at radius 2 is 1.86 bits per heavy atom. The summed E-state index contributed by atoms with van der Waals surface area (Å²) in [5.74, 6) is 0.205. The Labute approximate surface area is 223 Å². The highest BCUT2D eigenvalue weighted by Gasteiger charge is 2.26. The molecule has 0 aliphatic carbocycles. The molecule has 1 N–H and O–H groups in total. The van der Waals surface area contributed by atoms with Gasteiger partial charge in [-0.15, -0.1) is 0 Å². The predicted octanol–water partition coefficient (Wildman–Crippen LogP) is 6.24. The van der Waals surface area contributed by atoms with Crippen LogP contribution < -0.4 is 5.32 Å². The van der Waals surface area contributed by atoms with Gasteiger partial charge in [0.1, 0.15) is 11.4 Å². The quantitative estimate of drug-likeness (QED) is 0.334. The molecule has 1 aromatic heterocycles. The van der Waals surface area contributed by atoms with Crippen LogP contribution in [0.5, 0.6) is 0 Å². The van der Waals surface area contributed by atoms with Crippen LogP contribution in [0.4, 0.5) is 9.18 Å². The third kappa shape index (κ3) is 7.94. The van der Waals surface area contributed by atoms with Crippen molar-refractivity contribution in [2.45, 2.75) is 52.3 Å². The van der Waals surface area contributed by atoms with Gasteiger partial charge in [-0.1, -0.05) is 23.7 Å². The standard InChI is InChI=1S/C29H37ClFN3O3/c1-29(2,3)37-28(35)33-12-8-22(9-13-33)20-36-15-11-32-18-23-16-25(31)17-27-26(23)10-14-34(27)19-21-4-6-24(30)7-5-21/h4-7,10,14,16-17,22,32H,8-9,11-13,15,18-20H2,1-3H3. The molecular weight excluding hydrogens is 493 g/mol. The van der Waals surface area contributed by atoms with Crippen molar-refractivity contribution in [1.29, 1.82) is 0 Å². The zero-order chi connectivity index (χ0) is 26.4. The number of piperidine rings is 1. The minimum atomic E-state index is -0.470. The van der Waals surface area contributed by atoms with Crippen LogP contribution in [-0.4, -0.2) is 54.0 Å². The number of hydrogen-bond acceptors (Lipinski definition) is 4. The lowest BCUT2D eigenvalue weighted by Gasteiger charge is -2.33. The molecule has 3 aromatic rings. The van der Waals surface area contributed by atoms with Gasteiger partial charge in [-0.3, -0.25) is 0 Å². The van der Waals surface area contributed by atoms with E-state index in [9.17, 15) is 9.18 Å². The molecule has 0 radical (unpaired) electrons. The first-order valence-corrected chi connectivity index (χ1v) is 13.3. The van der Waals surface area contributed by atoms with Crippen molar-refractivity contribution in [3.8, 4) is 0 Å². The highest BCUT2D eigenvalue weighted by Crippen LogP contribution is 2.24. The van der Waals surface area contributed by atoms with E-state index in [1.807, 2.05) is 57.3 Å². The van der Waals surface area contributed by atoms with Crippen LogP contribution >= 0.6 is 11.6 Å². The molecular formula is C29H37ClFN3O3. The van der Waals surface area contributed by atoms with Gasteiger partial charge >= 0.3 is 6.09 Å². The number of likely N-dealkylation sites (tertiary alicyclic amines) is 1. The van der Waals surface area contributed by atoms with Gasteiger partial charge in [0.05, 0.1) is 12.1 Å². The molecule has 2 heterocycles. The molecule has 37 heavy (non-hydrogen) atoms. The van der Waals surface area contributed by atoms with Gasteiger partial charge in [0.25, 0.3) is 0 Å². The van der Waals surface area contributed by atoms with Gasteiger partial charge < -0.3 is 24.3 Å². The van der Waals surface area contributed by atoms with E-state index in [1.54, 1.807) is 17.0 Å². The molecule has 4 rings (SSSR count). The normalized spacial score (nSPS) is 14.9. The third-order valence-electron chi connectivity index (χ3n) is 6.56. The average Bonchev–Trinajstić information content (AvgIpc) is 3.24. The second-order valence-electron chi connectivity index (χ2n) is 10.7. The smallest absolute Gasteiger partial charge is 0.410 e. The summed E-state index contributed by atoms with van der Waals surface area (Å²) in [4.78, 5) is 14.0. The summed E-state index contributed by atoms with van der Waals surface area (Å²) < 4.78 is 27.8. The Hall–Kier alpha value is -2.61. The van der Waals surface area contributed by atoms with Gasteiger partial charge in [0.15, 0.2) is 0 Å². The van der Waals surface area contributed by atoms with Crippen LogP contribution in [0, 0.1) is 11.7 Å². The van der Waals surface area contributed by atoms with Crippen LogP contribution in [0.25, 0.3) is 10.9 Å². The highest BCUT2D eigenvalue weighted by molar-refractivity contribution is 6.30. The van der Waals surface area contributed by atoms with Crippen molar-refractivity contribution in [3.05, 3.63) is 70.6 Å². The van der Waals surface area contributed by atoms with Crippen molar-refractivity contribution < 1.29 is 18.7 Å². The Bertz CT molecular complexity index is 1180. The first-order chi connectivity index (χ1) is 17.7. The maximum Gasteiger partial charge on any atom is 0.410 e. The van der Waals surface area contributed by atoms with Gasteiger partial charge in [-0.25, -0.2) is 9.18 Å². The lowest BCUT2D eigenvalue weighted by molar-refractivity contribution is 0.0119. The zero-order valence-electron chi connectivity index (χ0n) is 21.9. The highest BCUT2D eigenvalue weighted by atomic mass is 35.5. The molecule has 0 spiro atoms. The summed E-state index contributed by atoms with van der Waals surface area (Å²) in [6.45, 7) is 10.2. The van der Waals surface area contributed by atoms with Gasteiger partial charge in [-0.05, 0) is 81.0 Å². The Balaban J connectivity index is 1.19. The molecule has 0 atom stereocenters. The fraction of sp³-hybridized carbons (Fsp3) is 0.483. The van der Waals surface area contributed by atoms with E-state index in [0.29, 0.717) is 56.9 Å². The first-order valence-electron chi connectivity index (χ1n) is 13.0. The molecule has 0 saturated carbocycles. The van der Waals surface area contributed by atoms with E-state index < -0.39 is 5.60 Å². The molecule has 6 nitrogen and oxygen atoms in total. The largest absolute Gasteiger partial charge is 0.444 e. The molecule has 1 aliphatic heterocycles. The first kappa shape index (κ1) is 27.4. The van der Waals surface area contributed by atoms with Gasteiger partial charge in [0, 0.05) is 55.9 Å². The molecule has 1 amide bonds. The third-order valence-corrected chi connectivity index (χ3v) is 6.82. The van der Waals surface area contributed by atoms with E-state index in [2.05, 4.69) is 9.88 Å². The number of nitrogens with zero attached hydrogens (tertiary/aromatic N) is 2. The second-order valence-corrected chi connectivity index (χ2v) is 11.2. The molecule has 1 saturated heterocycles. The number of halogens is 2. The lowest BCUT2D eigenvalue weighted by atomic mass is 9.98. The van der Waals surface area contributed by atoms with Crippen LogP contribution in [0.15, 0.2) is 48.7 Å². The number of amides is 1. The molecule has 0 unspecified atom stereocenters. The number of fused-ring (bicyclic) bond motifs is 1. The van der Waals surface area contributed by atoms with Crippen LogP contribution in [-0.2, 0) is 22.6 Å². The summed E-state index contributed by atoms with van der Waals surface area (Å²) in [6.07, 6.45) is 3.60. The molecule has 0 bridgehead atoms. The minimum absolute atomic E-state index is 0.233. The fourth-order valence-electron chi connectivity index (χ4n) is 4.63. The topological polar surface area (TPSA) is 55.7 Å². The maximum absolute atomic E-state index is 14.4. The van der Waals surface area contributed by atoms with Crippen LogP contribution in [0.3, 0.4) is 0 Å². The van der Waals surface area contributed by atoms with Crippen molar-refractivity contribution in [2.75, 3.05) is 32.8 Å². The summed E-state index contributed by atoms with van der Waals surface area (Å²) in [7, 11) is 0. The number of carbonyl (C=O) groups excluding carboxylic acids is 1. The summed E-state index contributed by atoms with van der Waals surface area (Å²) in [6, 6.07) is 12.9. The molecule has 1 aliphatic rings. The summed E-state index contributed by atoms with van der Waals surface area (Å²) in [5, 5.41) is 5.13. The fourth-order valence-corrected chi connectivity index (χ4v) is 4.76. The molecule has 2 aromatic carbocycles. The number of nitrogens with one attached hydrogen (secondary N) is 1. The number of aromatic nitrogens is 1. The SMILES string of the molecule is CC(C)(C)OC(=O)N1CCC(COCCNCc2cc(F)cc3c2ccn3Cc2ccc(Cl)cc2)CC1. The van der Waals surface area contributed by atoms with Gasteiger partial charge in [-0.2, -0.15) is 0 Å². The number of benzene rings is 2. The van der Waals surface area contributed by atoms with Crippen molar-refractivity contribution in [2.24, 2.45) is 5.92 Å². The predicted molar refractivity (Wildman–Crippen MR) is 146 cm³/mol. The number of ether oxygens (including phenoxy) is 2. The number of carbonyl (C=O) groups is 1. The molecule has 200 valence electrons. The van der Waals surface area contributed by atoms with Crippen LogP contribution in [0.1, 0.15) is 44.7 Å². The summed E-state index contributed by atoms with van der Waals surface area (Å²) in [5.41, 5.74) is 2.45. The van der Waals surface area contributed by atoms with Gasteiger partial charge in [0.2, 0.25) is 0 Å². The zero-order valence-corrected chi connectivity index (χ0v) is 22.7. The number of rotatable bonds is 9. The van der Waals surface area contributed by atoms with Crippen molar-refractivity contribution in [1.82, 2.24) is 14.8 Å². The molecule has 1 fully saturated rings. The van der Waals surface area contributed by atoms with E-state index in [4.69, 9.17) is 21.1 Å². The maximum atomic E-state index is 14.4. The number of hydrogen-bond donors (Lipinski definition) is 1. The van der Waals surface area contributed by atoms with E-state index in [0.717, 1.165) is 34.9 Å². The second kappa shape index (κ2) is 12.3.